The van der Waals surface area contributed by atoms with E-state index >= 15 is 0 Å². The molecule has 2 rings (SSSR count). The van der Waals surface area contributed by atoms with Crippen molar-refractivity contribution in [2.45, 2.75) is 71.8 Å². The van der Waals surface area contributed by atoms with E-state index in [1.165, 1.54) is 0 Å². The van der Waals surface area contributed by atoms with Crippen LogP contribution in [0.3, 0.4) is 0 Å². The maximum absolute atomic E-state index is 12.4. The van der Waals surface area contributed by atoms with Crippen molar-refractivity contribution < 1.29 is 18.7 Å². The second-order valence-electron chi connectivity index (χ2n) is 8.52. The molecule has 31 heavy (non-hydrogen) atoms. The molecule has 170 valence electrons. The van der Waals surface area contributed by atoms with E-state index < -0.39 is 17.7 Å². The van der Waals surface area contributed by atoms with Gasteiger partial charge in [-0.2, -0.15) is 0 Å². The van der Waals surface area contributed by atoms with E-state index in [0.29, 0.717) is 0 Å². The fraction of sp³-hybridized carbons (Fsp3) is 0.545. The first kappa shape index (κ1) is 24.7. The maximum atomic E-state index is 12.4. The van der Waals surface area contributed by atoms with Gasteiger partial charge in [-0.15, -0.1) is 10.2 Å². The maximum Gasteiger partial charge on any atom is 0.408 e. The van der Waals surface area contributed by atoms with Crippen LogP contribution in [0.5, 0.6) is 0 Å². The van der Waals surface area contributed by atoms with Crippen LogP contribution in [0.15, 0.2) is 27.8 Å². The summed E-state index contributed by atoms with van der Waals surface area (Å²) < 4.78 is 11.1. The first-order chi connectivity index (χ1) is 14.5. The number of amides is 2. The largest absolute Gasteiger partial charge is 0.444 e. The standard InChI is InChI=1S/C22H32N4O4S/c1-8-13(2)18(24-20(28)30-22(5,6)7)19-25-26-21(29-19)31-12-16(27)23-17-14(3)10-9-11-15(17)4/h9-11,13,18H,8,12H2,1-7H3,(H,23,27)(H,24,28)/t13-,18-/m0/s1. The number of ether oxygens (including phenoxy) is 1. The van der Waals surface area contributed by atoms with Gasteiger partial charge in [-0.25, -0.2) is 4.79 Å². The average molecular weight is 449 g/mol. The fourth-order valence-corrected chi connectivity index (χ4v) is 3.41. The molecule has 0 saturated heterocycles. The third kappa shape index (κ3) is 7.57. The van der Waals surface area contributed by atoms with Crippen LogP contribution in [0, 0.1) is 19.8 Å². The number of carbonyl (C=O) groups excluding carboxylic acids is 2. The van der Waals surface area contributed by atoms with Crippen LogP contribution < -0.4 is 10.6 Å². The molecule has 2 aromatic rings. The number of thioether (sulfide) groups is 1. The summed E-state index contributed by atoms with van der Waals surface area (Å²) in [6.45, 7) is 13.3. The lowest BCUT2D eigenvalue weighted by Gasteiger charge is -2.24. The minimum Gasteiger partial charge on any atom is -0.444 e. The Balaban J connectivity index is 2.01. The molecule has 1 aromatic heterocycles. The topological polar surface area (TPSA) is 106 Å². The number of hydrogen-bond donors (Lipinski definition) is 2. The van der Waals surface area contributed by atoms with E-state index in [1.807, 2.05) is 45.9 Å². The minimum atomic E-state index is -0.608. The fourth-order valence-electron chi connectivity index (χ4n) is 2.84. The SMILES string of the molecule is CC[C@H](C)[C@H](NC(=O)OC(C)(C)C)c1nnc(SCC(=O)Nc2c(C)cccc2C)o1. The number of anilines is 1. The van der Waals surface area contributed by atoms with Gasteiger partial charge in [-0.1, -0.05) is 50.2 Å². The number of aromatic nitrogens is 2. The smallest absolute Gasteiger partial charge is 0.408 e. The van der Waals surface area contributed by atoms with Crippen LogP contribution in [0.1, 0.15) is 64.1 Å². The van der Waals surface area contributed by atoms with Crippen molar-refractivity contribution in [2.75, 3.05) is 11.1 Å². The second-order valence-corrected chi connectivity index (χ2v) is 9.45. The molecule has 0 spiro atoms. The van der Waals surface area contributed by atoms with Crippen LogP contribution in [0.2, 0.25) is 0 Å². The molecule has 0 aliphatic heterocycles. The molecule has 0 bridgehead atoms. The first-order valence-corrected chi connectivity index (χ1v) is 11.3. The van der Waals surface area contributed by atoms with Crippen LogP contribution in [0.4, 0.5) is 10.5 Å². The minimum absolute atomic E-state index is 0.0538. The van der Waals surface area contributed by atoms with Crippen molar-refractivity contribution >= 4 is 29.4 Å². The highest BCUT2D eigenvalue weighted by Gasteiger charge is 2.28. The summed E-state index contributed by atoms with van der Waals surface area (Å²) in [7, 11) is 0. The van der Waals surface area contributed by atoms with Gasteiger partial charge in [0.15, 0.2) is 0 Å². The molecule has 0 radical (unpaired) electrons. The molecule has 0 unspecified atom stereocenters. The number of para-hydroxylation sites is 1. The zero-order valence-electron chi connectivity index (χ0n) is 19.2. The predicted octanol–water partition coefficient (Wildman–Crippen LogP) is 5.03. The molecule has 0 fully saturated rings. The molecular formula is C22H32N4O4S. The number of aryl methyl sites for hydroxylation is 2. The number of benzene rings is 1. The normalized spacial score (nSPS) is 13.4. The van der Waals surface area contributed by atoms with E-state index in [2.05, 4.69) is 20.8 Å². The lowest BCUT2D eigenvalue weighted by molar-refractivity contribution is -0.113. The van der Waals surface area contributed by atoms with Gasteiger partial charge in [0.2, 0.25) is 11.8 Å². The van der Waals surface area contributed by atoms with Crippen LogP contribution in [-0.2, 0) is 9.53 Å². The molecule has 0 aliphatic carbocycles. The van der Waals surface area contributed by atoms with Crippen LogP contribution in [0.25, 0.3) is 0 Å². The Kier molecular flexibility index (Phi) is 8.50. The third-order valence-corrected chi connectivity index (χ3v) is 5.46. The summed E-state index contributed by atoms with van der Waals surface area (Å²) in [5.41, 5.74) is 2.21. The zero-order chi connectivity index (χ0) is 23.2. The summed E-state index contributed by atoms with van der Waals surface area (Å²) in [5.74, 6) is 0.312. The Morgan fingerprint density at radius 2 is 1.84 bits per heavy atom. The summed E-state index contributed by atoms with van der Waals surface area (Å²) in [4.78, 5) is 24.6. The number of rotatable bonds is 8. The Labute approximate surface area is 187 Å². The zero-order valence-corrected chi connectivity index (χ0v) is 20.1. The molecular weight excluding hydrogens is 416 g/mol. The molecule has 1 heterocycles. The molecule has 2 N–H and O–H groups in total. The second kappa shape index (κ2) is 10.7. The summed E-state index contributed by atoms with van der Waals surface area (Å²) >= 11 is 1.15. The molecule has 0 aliphatic rings. The van der Waals surface area contributed by atoms with Crippen LogP contribution in [-0.4, -0.2) is 33.6 Å². The molecule has 1 aromatic carbocycles. The van der Waals surface area contributed by atoms with E-state index in [9.17, 15) is 9.59 Å². The molecule has 2 amide bonds. The van der Waals surface area contributed by atoms with Crippen molar-refractivity contribution in [3.8, 4) is 0 Å². The number of nitrogens with zero attached hydrogens (tertiary/aromatic N) is 2. The van der Waals surface area contributed by atoms with Gasteiger partial charge in [0, 0.05) is 5.69 Å². The highest BCUT2D eigenvalue weighted by Crippen LogP contribution is 2.27. The van der Waals surface area contributed by atoms with Crippen molar-refractivity contribution in [2.24, 2.45) is 5.92 Å². The number of alkyl carbamates (subject to hydrolysis) is 1. The average Bonchev–Trinajstić information content (AvgIpc) is 3.14. The van der Waals surface area contributed by atoms with Gasteiger partial charge in [0.1, 0.15) is 11.6 Å². The monoisotopic (exact) mass is 448 g/mol. The first-order valence-electron chi connectivity index (χ1n) is 10.3. The van der Waals surface area contributed by atoms with Gasteiger partial charge in [-0.3, -0.25) is 4.79 Å². The van der Waals surface area contributed by atoms with E-state index in [0.717, 1.165) is 35.0 Å². The lowest BCUT2D eigenvalue weighted by Crippen LogP contribution is -2.37. The predicted molar refractivity (Wildman–Crippen MR) is 121 cm³/mol. The van der Waals surface area contributed by atoms with Crippen molar-refractivity contribution in [3.05, 3.63) is 35.2 Å². The Hall–Kier alpha value is -2.55. The van der Waals surface area contributed by atoms with E-state index in [1.54, 1.807) is 20.8 Å². The Bertz CT molecular complexity index is 887. The van der Waals surface area contributed by atoms with Crippen molar-refractivity contribution in [3.63, 3.8) is 0 Å². The Morgan fingerprint density at radius 1 is 1.19 bits per heavy atom. The van der Waals surface area contributed by atoms with Crippen molar-refractivity contribution in [1.29, 1.82) is 0 Å². The van der Waals surface area contributed by atoms with Gasteiger partial charge >= 0.3 is 6.09 Å². The van der Waals surface area contributed by atoms with E-state index in [4.69, 9.17) is 9.15 Å². The van der Waals surface area contributed by atoms with Crippen LogP contribution >= 0.6 is 11.8 Å². The van der Waals surface area contributed by atoms with Gasteiger partial charge in [-0.05, 0) is 51.7 Å². The lowest BCUT2D eigenvalue weighted by atomic mass is 9.99. The highest BCUT2D eigenvalue weighted by atomic mass is 32.2. The quantitative estimate of drug-likeness (QED) is 0.546. The molecule has 8 nitrogen and oxygen atoms in total. The van der Waals surface area contributed by atoms with E-state index in [-0.39, 0.29) is 28.7 Å². The molecule has 0 saturated carbocycles. The highest BCUT2D eigenvalue weighted by molar-refractivity contribution is 7.99. The van der Waals surface area contributed by atoms with Gasteiger partial charge in [0.25, 0.3) is 5.22 Å². The number of carbonyl (C=O) groups is 2. The third-order valence-electron chi connectivity index (χ3n) is 4.65. The summed E-state index contributed by atoms with van der Waals surface area (Å²) in [6, 6.07) is 5.37. The summed E-state index contributed by atoms with van der Waals surface area (Å²) in [5, 5.41) is 14.1. The molecule has 9 heteroatoms. The summed E-state index contributed by atoms with van der Waals surface area (Å²) in [6.07, 6.45) is 0.252. The van der Waals surface area contributed by atoms with Gasteiger partial charge in [0.05, 0.1) is 5.75 Å². The Morgan fingerprint density at radius 3 is 2.42 bits per heavy atom. The molecule has 2 atom stereocenters. The van der Waals surface area contributed by atoms with Crippen molar-refractivity contribution in [1.82, 2.24) is 15.5 Å². The van der Waals surface area contributed by atoms with Gasteiger partial charge < -0.3 is 19.8 Å². The number of hydrogen-bond acceptors (Lipinski definition) is 7. The number of nitrogens with one attached hydrogen (secondary N) is 2.